The van der Waals surface area contributed by atoms with Gasteiger partial charge in [0.25, 0.3) is 0 Å². The molecule has 0 spiro atoms. The van der Waals surface area contributed by atoms with Crippen molar-refractivity contribution < 1.29 is 14.7 Å². The Kier molecular flexibility index (Phi) is 10.1. The number of carboxylic acid groups (broad SMARTS) is 1. The molecule has 1 aliphatic heterocycles. The van der Waals surface area contributed by atoms with Crippen LogP contribution in [0.15, 0.2) is 24.3 Å². The highest BCUT2D eigenvalue weighted by Crippen LogP contribution is 2.24. The lowest BCUT2D eigenvalue weighted by molar-refractivity contribution is -0.151. The number of carbonyl (C=O) groups is 2. The van der Waals surface area contributed by atoms with Crippen molar-refractivity contribution in [1.29, 1.82) is 0 Å². The van der Waals surface area contributed by atoms with Crippen LogP contribution in [0.3, 0.4) is 0 Å². The van der Waals surface area contributed by atoms with Crippen LogP contribution in [0.4, 0.5) is 0 Å². The van der Waals surface area contributed by atoms with Gasteiger partial charge in [0.2, 0.25) is 5.91 Å². The molecule has 0 aromatic heterocycles. The fourth-order valence-corrected chi connectivity index (χ4v) is 4.09. The molecular weight excluding hydrogens is 350 g/mol. The molecule has 0 saturated carbocycles. The van der Waals surface area contributed by atoms with Gasteiger partial charge in [0, 0.05) is 19.4 Å². The van der Waals surface area contributed by atoms with E-state index in [1.165, 1.54) is 57.8 Å². The number of nitrogens with zero attached hydrogens (tertiary/aromatic N) is 1. The van der Waals surface area contributed by atoms with E-state index in [1.54, 1.807) is 4.90 Å². The van der Waals surface area contributed by atoms with E-state index in [0.29, 0.717) is 19.4 Å². The van der Waals surface area contributed by atoms with E-state index in [2.05, 4.69) is 6.92 Å². The Labute approximate surface area is 170 Å². The standard InChI is InChI=1S/C24H37NO3/c1-2-3-4-5-6-7-8-9-10-11-12-17-23(26)25-19-21-16-14-13-15-20(21)18-22(25)24(27)28/h13-16,22H,2-12,17-19H2,1H3,(H,27,28)/t22-/m0/s1. The maximum atomic E-state index is 12.6. The van der Waals surface area contributed by atoms with Crippen molar-refractivity contribution in [2.45, 2.75) is 103 Å². The maximum Gasteiger partial charge on any atom is 0.326 e. The first-order valence-corrected chi connectivity index (χ1v) is 11.2. The molecule has 0 bridgehead atoms. The van der Waals surface area contributed by atoms with Crippen LogP contribution >= 0.6 is 0 Å². The van der Waals surface area contributed by atoms with Gasteiger partial charge in [-0.1, -0.05) is 95.4 Å². The van der Waals surface area contributed by atoms with Crippen molar-refractivity contribution in [3.63, 3.8) is 0 Å². The third-order valence-corrected chi connectivity index (χ3v) is 5.85. The molecule has 28 heavy (non-hydrogen) atoms. The Balaban J connectivity index is 1.63. The Morgan fingerprint density at radius 3 is 2.00 bits per heavy atom. The number of amides is 1. The average Bonchev–Trinajstić information content (AvgIpc) is 2.70. The van der Waals surface area contributed by atoms with Gasteiger partial charge in [-0.15, -0.1) is 0 Å². The number of carboxylic acids is 1. The monoisotopic (exact) mass is 387 g/mol. The fraction of sp³-hybridized carbons (Fsp3) is 0.667. The van der Waals surface area contributed by atoms with Crippen molar-refractivity contribution in [2.75, 3.05) is 0 Å². The lowest BCUT2D eigenvalue weighted by atomic mass is 9.93. The van der Waals surface area contributed by atoms with Gasteiger partial charge >= 0.3 is 5.97 Å². The highest BCUT2D eigenvalue weighted by molar-refractivity contribution is 5.84. The summed E-state index contributed by atoms with van der Waals surface area (Å²) in [6, 6.07) is 7.12. The van der Waals surface area contributed by atoms with E-state index in [9.17, 15) is 14.7 Å². The molecule has 0 radical (unpaired) electrons. The van der Waals surface area contributed by atoms with Gasteiger partial charge in [0.05, 0.1) is 0 Å². The van der Waals surface area contributed by atoms with Gasteiger partial charge < -0.3 is 10.0 Å². The molecule has 0 unspecified atom stereocenters. The summed E-state index contributed by atoms with van der Waals surface area (Å²) < 4.78 is 0. The minimum absolute atomic E-state index is 0.0159. The van der Waals surface area contributed by atoms with E-state index < -0.39 is 12.0 Å². The molecule has 1 atom stereocenters. The van der Waals surface area contributed by atoms with Gasteiger partial charge in [-0.05, 0) is 17.5 Å². The second kappa shape index (κ2) is 12.6. The Morgan fingerprint density at radius 2 is 1.43 bits per heavy atom. The van der Waals surface area contributed by atoms with E-state index in [4.69, 9.17) is 0 Å². The van der Waals surface area contributed by atoms with Crippen LogP contribution in [0.2, 0.25) is 0 Å². The lowest BCUT2D eigenvalue weighted by Crippen LogP contribution is -2.48. The van der Waals surface area contributed by atoms with Gasteiger partial charge in [0.1, 0.15) is 6.04 Å². The van der Waals surface area contributed by atoms with Crippen molar-refractivity contribution in [3.8, 4) is 0 Å². The third-order valence-electron chi connectivity index (χ3n) is 5.85. The molecule has 1 heterocycles. The lowest BCUT2D eigenvalue weighted by Gasteiger charge is -2.34. The van der Waals surface area contributed by atoms with E-state index in [-0.39, 0.29) is 5.91 Å². The first-order chi connectivity index (χ1) is 13.6. The number of benzene rings is 1. The Bertz CT molecular complexity index is 614. The van der Waals surface area contributed by atoms with E-state index in [1.807, 2.05) is 24.3 Å². The first-order valence-electron chi connectivity index (χ1n) is 11.2. The SMILES string of the molecule is CCCCCCCCCCCCCC(=O)N1Cc2ccccc2C[C@H]1C(=O)O. The second-order valence-corrected chi connectivity index (χ2v) is 8.13. The molecule has 4 heteroatoms. The molecule has 1 aromatic carbocycles. The zero-order valence-electron chi connectivity index (χ0n) is 17.5. The predicted octanol–water partition coefficient (Wildman–Crippen LogP) is 5.73. The number of unbranched alkanes of at least 4 members (excludes halogenated alkanes) is 10. The molecule has 1 aromatic rings. The summed E-state index contributed by atoms with van der Waals surface area (Å²) in [6.45, 7) is 2.67. The highest BCUT2D eigenvalue weighted by atomic mass is 16.4. The van der Waals surface area contributed by atoms with Gasteiger partial charge in [-0.2, -0.15) is 0 Å². The first kappa shape index (κ1) is 22.4. The summed E-state index contributed by atoms with van der Waals surface area (Å²) in [4.78, 5) is 25.9. The average molecular weight is 388 g/mol. The van der Waals surface area contributed by atoms with Crippen LogP contribution in [0.1, 0.15) is 95.1 Å². The molecule has 4 nitrogen and oxygen atoms in total. The highest BCUT2D eigenvalue weighted by Gasteiger charge is 2.33. The van der Waals surface area contributed by atoms with Crippen LogP contribution in [0.5, 0.6) is 0 Å². The number of aliphatic carboxylic acids is 1. The van der Waals surface area contributed by atoms with Gasteiger partial charge in [-0.3, -0.25) is 4.79 Å². The van der Waals surface area contributed by atoms with Gasteiger partial charge in [-0.25, -0.2) is 4.79 Å². The van der Waals surface area contributed by atoms with Crippen LogP contribution < -0.4 is 0 Å². The third kappa shape index (κ3) is 7.29. The zero-order valence-corrected chi connectivity index (χ0v) is 17.5. The minimum Gasteiger partial charge on any atom is -0.480 e. The summed E-state index contributed by atoms with van der Waals surface area (Å²) in [7, 11) is 0. The smallest absolute Gasteiger partial charge is 0.326 e. The Hall–Kier alpha value is -1.84. The summed E-state index contributed by atoms with van der Waals surface area (Å²) in [5.74, 6) is -0.917. The van der Waals surface area contributed by atoms with Crippen molar-refractivity contribution in [1.82, 2.24) is 4.90 Å². The normalized spacial score (nSPS) is 16.0. The number of hydrogen-bond donors (Lipinski definition) is 1. The summed E-state index contributed by atoms with van der Waals surface area (Å²) in [6.07, 6.45) is 14.6. The molecule has 0 saturated heterocycles. The zero-order chi connectivity index (χ0) is 20.2. The summed E-state index contributed by atoms with van der Waals surface area (Å²) in [5, 5.41) is 9.55. The van der Waals surface area contributed by atoms with E-state index >= 15 is 0 Å². The summed E-state index contributed by atoms with van der Waals surface area (Å²) >= 11 is 0. The minimum atomic E-state index is -0.901. The quantitative estimate of drug-likeness (QED) is 0.440. The van der Waals surface area contributed by atoms with E-state index in [0.717, 1.165) is 24.0 Å². The van der Waals surface area contributed by atoms with Crippen LogP contribution in [-0.4, -0.2) is 27.9 Å². The largest absolute Gasteiger partial charge is 0.480 e. The molecule has 1 N–H and O–H groups in total. The van der Waals surface area contributed by atoms with Crippen molar-refractivity contribution >= 4 is 11.9 Å². The van der Waals surface area contributed by atoms with Crippen molar-refractivity contribution in [2.24, 2.45) is 0 Å². The molecule has 156 valence electrons. The van der Waals surface area contributed by atoms with Crippen LogP contribution in [0, 0.1) is 0 Å². The fourth-order valence-electron chi connectivity index (χ4n) is 4.09. The molecule has 2 rings (SSSR count). The van der Waals surface area contributed by atoms with Crippen LogP contribution in [0.25, 0.3) is 0 Å². The number of fused-ring (bicyclic) bond motifs is 1. The number of carbonyl (C=O) groups excluding carboxylic acids is 1. The predicted molar refractivity (Wildman–Crippen MR) is 113 cm³/mol. The molecule has 0 aliphatic carbocycles. The molecule has 1 amide bonds. The topological polar surface area (TPSA) is 57.6 Å². The molecule has 1 aliphatic rings. The maximum absolute atomic E-state index is 12.6. The molecule has 0 fully saturated rings. The van der Waals surface area contributed by atoms with Crippen LogP contribution in [-0.2, 0) is 22.6 Å². The van der Waals surface area contributed by atoms with Gasteiger partial charge in [0.15, 0.2) is 0 Å². The second-order valence-electron chi connectivity index (χ2n) is 8.13. The van der Waals surface area contributed by atoms with Crippen molar-refractivity contribution in [3.05, 3.63) is 35.4 Å². The number of hydrogen-bond acceptors (Lipinski definition) is 2. The Morgan fingerprint density at radius 1 is 0.893 bits per heavy atom. The number of rotatable bonds is 13. The molecular formula is C24H37NO3. The summed E-state index contributed by atoms with van der Waals surface area (Å²) in [5.41, 5.74) is 2.13.